The monoisotopic (exact) mass is 282 g/mol. The molecule has 0 aliphatic carbocycles. The molecule has 0 amide bonds. The van der Waals surface area contributed by atoms with Crippen LogP contribution in [0.15, 0.2) is 18.2 Å². The molecule has 0 radical (unpaired) electrons. The fraction of sp³-hybridized carbons (Fsp3) is 0.571. The Morgan fingerprint density at radius 2 is 1.89 bits per heavy atom. The van der Waals surface area contributed by atoms with Gasteiger partial charge in [0.1, 0.15) is 0 Å². The van der Waals surface area contributed by atoms with Gasteiger partial charge >= 0.3 is 0 Å². The molecule has 19 heavy (non-hydrogen) atoms. The summed E-state index contributed by atoms with van der Waals surface area (Å²) in [6, 6.07) is 5.97. The van der Waals surface area contributed by atoms with E-state index < -0.39 is 0 Å². The van der Waals surface area contributed by atoms with Gasteiger partial charge in [0, 0.05) is 32.7 Å². The average molecular weight is 283 g/mol. The van der Waals surface area contributed by atoms with Crippen LogP contribution >= 0.6 is 11.6 Å². The summed E-state index contributed by atoms with van der Waals surface area (Å²) in [5, 5.41) is -0.00194. The topological polar surface area (TPSA) is 24.9 Å². The summed E-state index contributed by atoms with van der Waals surface area (Å²) in [5.41, 5.74) is 1.10. The van der Waals surface area contributed by atoms with Crippen LogP contribution in [0.4, 0.5) is 0 Å². The zero-order chi connectivity index (χ0) is 13.2. The van der Waals surface area contributed by atoms with Gasteiger partial charge < -0.3 is 14.4 Å². The molecule has 1 fully saturated rings. The summed E-state index contributed by atoms with van der Waals surface area (Å²) in [7, 11) is 2.16. The predicted octanol–water partition coefficient (Wildman–Crippen LogP) is 1.94. The summed E-state index contributed by atoms with van der Waals surface area (Å²) >= 11 is 6.53. The number of ether oxygens (including phenoxy) is 2. The molecule has 0 spiro atoms. The Labute approximate surface area is 118 Å². The summed E-state index contributed by atoms with van der Waals surface area (Å²) in [4.78, 5) is 4.77. The maximum atomic E-state index is 6.53. The van der Waals surface area contributed by atoms with Crippen LogP contribution in [0.2, 0.25) is 0 Å². The first-order valence-corrected chi connectivity index (χ1v) is 7.10. The van der Waals surface area contributed by atoms with Gasteiger partial charge in [-0.25, -0.2) is 0 Å². The summed E-state index contributed by atoms with van der Waals surface area (Å²) in [5.74, 6) is 1.62. The Balaban J connectivity index is 1.62. The third-order valence-electron chi connectivity index (χ3n) is 3.77. The second-order valence-electron chi connectivity index (χ2n) is 5.18. The molecule has 1 aromatic rings. The number of hydrogen-bond acceptors (Lipinski definition) is 4. The normalized spacial score (nSPS) is 21.6. The van der Waals surface area contributed by atoms with E-state index in [1.807, 2.05) is 18.2 Å². The molecule has 0 bridgehead atoms. The maximum absolute atomic E-state index is 6.53. The van der Waals surface area contributed by atoms with Gasteiger partial charge in [0.15, 0.2) is 11.5 Å². The van der Waals surface area contributed by atoms with Crippen molar-refractivity contribution in [2.75, 3.05) is 46.6 Å². The number of piperazine rings is 1. The first-order chi connectivity index (χ1) is 9.22. The molecule has 1 atom stereocenters. The summed E-state index contributed by atoms with van der Waals surface area (Å²) < 4.78 is 10.7. The Morgan fingerprint density at radius 3 is 2.68 bits per heavy atom. The van der Waals surface area contributed by atoms with Gasteiger partial charge in [0.05, 0.1) is 5.38 Å². The smallest absolute Gasteiger partial charge is 0.231 e. The van der Waals surface area contributed by atoms with Crippen LogP contribution in [0.1, 0.15) is 10.9 Å². The van der Waals surface area contributed by atoms with Gasteiger partial charge in [-0.1, -0.05) is 6.07 Å². The van der Waals surface area contributed by atoms with Crippen LogP contribution in [-0.4, -0.2) is 56.4 Å². The quantitative estimate of drug-likeness (QED) is 0.791. The van der Waals surface area contributed by atoms with Crippen molar-refractivity contribution >= 4 is 11.6 Å². The molecule has 4 nitrogen and oxygen atoms in total. The number of hydrogen-bond donors (Lipinski definition) is 0. The number of rotatable bonds is 3. The second kappa shape index (κ2) is 5.57. The molecule has 1 aromatic carbocycles. The van der Waals surface area contributed by atoms with Crippen LogP contribution in [0.25, 0.3) is 0 Å². The van der Waals surface area contributed by atoms with E-state index in [0.717, 1.165) is 49.8 Å². The van der Waals surface area contributed by atoms with Crippen LogP contribution in [0, 0.1) is 0 Å². The predicted molar refractivity (Wildman–Crippen MR) is 75.1 cm³/mol. The van der Waals surface area contributed by atoms with Crippen molar-refractivity contribution in [3.05, 3.63) is 23.8 Å². The van der Waals surface area contributed by atoms with Crippen molar-refractivity contribution in [1.82, 2.24) is 9.80 Å². The Morgan fingerprint density at radius 1 is 1.16 bits per heavy atom. The summed E-state index contributed by atoms with van der Waals surface area (Å²) in [6.45, 7) is 5.60. The Hall–Kier alpha value is -0.970. The number of fused-ring (bicyclic) bond motifs is 1. The fourth-order valence-electron chi connectivity index (χ4n) is 2.47. The van der Waals surface area contributed by atoms with Crippen LogP contribution in [0.3, 0.4) is 0 Å². The van der Waals surface area contributed by atoms with E-state index in [2.05, 4.69) is 16.8 Å². The number of halogens is 1. The molecule has 0 saturated carbocycles. The van der Waals surface area contributed by atoms with Crippen molar-refractivity contribution in [3.63, 3.8) is 0 Å². The van der Waals surface area contributed by atoms with E-state index in [1.165, 1.54) is 0 Å². The number of benzene rings is 1. The molecule has 1 unspecified atom stereocenters. The van der Waals surface area contributed by atoms with Crippen molar-refractivity contribution < 1.29 is 9.47 Å². The zero-order valence-corrected chi connectivity index (χ0v) is 11.9. The first-order valence-electron chi connectivity index (χ1n) is 6.67. The molecule has 0 aromatic heterocycles. The lowest BCUT2D eigenvalue weighted by atomic mass is 10.1. The molecular formula is C14H19ClN2O2. The lowest BCUT2D eigenvalue weighted by molar-refractivity contribution is 0.154. The van der Waals surface area contributed by atoms with Crippen molar-refractivity contribution in [3.8, 4) is 11.5 Å². The Bertz CT molecular complexity index is 447. The van der Waals surface area contributed by atoms with Gasteiger partial charge in [-0.3, -0.25) is 4.90 Å². The van der Waals surface area contributed by atoms with E-state index in [4.69, 9.17) is 21.1 Å². The molecule has 104 valence electrons. The number of nitrogens with zero attached hydrogens (tertiary/aromatic N) is 2. The van der Waals surface area contributed by atoms with Crippen LogP contribution in [-0.2, 0) is 0 Å². The van der Waals surface area contributed by atoms with E-state index >= 15 is 0 Å². The van der Waals surface area contributed by atoms with Gasteiger partial charge in [-0.2, -0.15) is 0 Å². The van der Waals surface area contributed by atoms with Crippen molar-refractivity contribution in [2.24, 2.45) is 0 Å². The highest BCUT2D eigenvalue weighted by Crippen LogP contribution is 2.35. The molecule has 1 saturated heterocycles. The minimum atomic E-state index is -0.00194. The van der Waals surface area contributed by atoms with Crippen LogP contribution in [0.5, 0.6) is 11.5 Å². The fourth-order valence-corrected chi connectivity index (χ4v) is 2.80. The lowest BCUT2D eigenvalue weighted by Crippen LogP contribution is -2.45. The van der Waals surface area contributed by atoms with Gasteiger partial charge in [-0.05, 0) is 24.7 Å². The average Bonchev–Trinajstić information content (AvgIpc) is 2.88. The molecular weight excluding hydrogens is 264 g/mol. The maximum Gasteiger partial charge on any atom is 0.231 e. The molecule has 5 heteroatoms. The summed E-state index contributed by atoms with van der Waals surface area (Å²) in [6.07, 6.45) is 0. The molecule has 2 aliphatic rings. The Kier molecular flexibility index (Phi) is 3.82. The highest BCUT2D eigenvalue weighted by molar-refractivity contribution is 6.21. The second-order valence-corrected chi connectivity index (χ2v) is 5.71. The largest absolute Gasteiger partial charge is 0.454 e. The van der Waals surface area contributed by atoms with Crippen molar-refractivity contribution in [1.29, 1.82) is 0 Å². The van der Waals surface area contributed by atoms with Gasteiger partial charge in [-0.15, -0.1) is 11.6 Å². The molecule has 0 N–H and O–H groups in total. The minimum Gasteiger partial charge on any atom is -0.454 e. The highest BCUT2D eigenvalue weighted by atomic mass is 35.5. The van der Waals surface area contributed by atoms with E-state index in [1.54, 1.807) is 0 Å². The molecule has 2 heterocycles. The van der Waals surface area contributed by atoms with Crippen LogP contribution < -0.4 is 9.47 Å². The first kappa shape index (κ1) is 13.0. The zero-order valence-electron chi connectivity index (χ0n) is 11.1. The van der Waals surface area contributed by atoms with E-state index in [9.17, 15) is 0 Å². The third kappa shape index (κ3) is 2.96. The molecule has 3 rings (SSSR count). The lowest BCUT2D eigenvalue weighted by Gasteiger charge is -2.33. The third-order valence-corrected chi connectivity index (χ3v) is 4.16. The van der Waals surface area contributed by atoms with E-state index in [0.29, 0.717) is 6.79 Å². The van der Waals surface area contributed by atoms with Gasteiger partial charge in [0.2, 0.25) is 6.79 Å². The minimum absolute atomic E-state index is 0.00194. The van der Waals surface area contributed by atoms with E-state index in [-0.39, 0.29) is 5.38 Å². The van der Waals surface area contributed by atoms with Crippen molar-refractivity contribution in [2.45, 2.75) is 5.38 Å². The SMILES string of the molecule is CN1CCN(CC(Cl)c2ccc3c(c2)OCO3)CC1. The highest BCUT2D eigenvalue weighted by Gasteiger charge is 2.20. The standard InChI is InChI=1S/C14H19ClN2O2/c1-16-4-6-17(7-5-16)9-12(15)11-2-3-13-14(8-11)19-10-18-13/h2-3,8,12H,4-7,9-10H2,1H3. The number of alkyl halides is 1. The van der Waals surface area contributed by atoms with Gasteiger partial charge in [0.25, 0.3) is 0 Å². The molecule has 2 aliphatic heterocycles. The number of likely N-dealkylation sites (N-methyl/N-ethyl adjacent to an activating group) is 1.